The van der Waals surface area contributed by atoms with Gasteiger partial charge in [0.25, 0.3) is 0 Å². The number of nitrogens with zero attached hydrogens (tertiary/aromatic N) is 5. The molecule has 0 radical (unpaired) electrons. The molecule has 140 valence electrons. The number of hydrogen-bond acceptors (Lipinski definition) is 7. The van der Waals surface area contributed by atoms with E-state index in [-0.39, 0.29) is 11.9 Å². The molecule has 1 aliphatic rings. The highest BCUT2D eigenvalue weighted by molar-refractivity contribution is 7.17. The smallest absolute Gasteiger partial charge is 0.230 e. The van der Waals surface area contributed by atoms with Crippen molar-refractivity contribution in [2.45, 2.75) is 33.2 Å². The quantitative estimate of drug-likeness (QED) is 0.739. The Morgan fingerprint density at radius 1 is 1.23 bits per heavy atom. The lowest BCUT2D eigenvalue weighted by Gasteiger charge is -2.37. The van der Waals surface area contributed by atoms with Gasteiger partial charge in [-0.25, -0.2) is 4.98 Å². The predicted octanol–water partition coefficient (Wildman–Crippen LogP) is 2.69. The highest BCUT2D eigenvalue weighted by atomic mass is 32.1. The minimum Gasteiger partial charge on any atom is -0.492 e. The highest BCUT2D eigenvalue weighted by Gasteiger charge is 2.33. The average molecular weight is 375 g/mol. The number of aromatic hydroxyl groups is 1. The van der Waals surface area contributed by atoms with Crippen LogP contribution in [0.3, 0.4) is 0 Å². The zero-order chi connectivity index (χ0) is 18.3. The van der Waals surface area contributed by atoms with Crippen LogP contribution in [0.25, 0.3) is 4.96 Å². The molecule has 7 nitrogen and oxygen atoms in total. The fraction of sp³-hybridized carbons (Fsp3) is 0.556. The standard InChI is InChI=1S/C18H25N5O2S/c1-4-14-19-18-23(20-14)17(24)16(26-18)15(13-7-6-12(3)25-13)22-10-8-21(5-2)9-11-22/h6-7,15,24H,4-5,8-11H2,1-3H3. The van der Waals surface area contributed by atoms with Crippen molar-refractivity contribution in [2.75, 3.05) is 32.7 Å². The number of aryl methyl sites for hydroxylation is 2. The highest BCUT2D eigenvalue weighted by Crippen LogP contribution is 2.40. The van der Waals surface area contributed by atoms with E-state index in [1.165, 1.54) is 11.3 Å². The van der Waals surface area contributed by atoms with Gasteiger partial charge in [0, 0.05) is 32.6 Å². The van der Waals surface area contributed by atoms with Gasteiger partial charge in [0.15, 0.2) is 5.82 Å². The third kappa shape index (κ3) is 3.02. The molecule has 26 heavy (non-hydrogen) atoms. The van der Waals surface area contributed by atoms with Gasteiger partial charge in [-0.15, -0.1) is 5.10 Å². The van der Waals surface area contributed by atoms with E-state index in [9.17, 15) is 5.11 Å². The first kappa shape index (κ1) is 17.5. The van der Waals surface area contributed by atoms with E-state index in [0.29, 0.717) is 0 Å². The van der Waals surface area contributed by atoms with Crippen LogP contribution < -0.4 is 0 Å². The Balaban J connectivity index is 1.73. The van der Waals surface area contributed by atoms with Crippen molar-refractivity contribution >= 4 is 16.3 Å². The molecular formula is C18H25N5O2S. The summed E-state index contributed by atoms with van der Waals surface area (Å²) in [6.07, 6.45) is 0.753. The Bertz CT molecular complexity index is 891. The number of thiazole rings is 1. The zero-order valence-corrected chi connectivity index (χ0v) is 16.3. The number of rotatable bonds is 5. The van der Waals surface area contributed by atoms with Crippen molar-refractivity contribution in [3.05, 3.63) is 34.4 Å². The van der Waals surface area contributed by atoms with E-state index < -0.39 is 0 Å². The van der Waals surface area contributed by atoms with Gasteiger partial charge in [-0.05, 0) is 25.6 Å². The molecule has 4 heterocycles. The van der Waals surface area contributed by atoms with Crippen LogP contribution in [0.4, 0.5) is 0 Å². The molecule has 1 atom stereocenters. The molecule has 3 aromatic rings. The first-order chi connectivity index (χ1) is 12.6. The van der Waals surface area contributed by atoms with Crippen molar-refractivity contribution in [3.8, 4) is 5.88 Å². The SMILES string of the molecule is CCc1nc2sc(C(c3ccc(C)o3)N3CCN(CC)CC3)c(O)n2n1. The molecule has 1 fully saturated rings. The minimum absolute atomic E-state index is 0.110. The number of aromatic nitrogens is 3. The summed E-state index contributed by atoms with van der Waals surface area (Å²) < 4.78 is 7.53. The Hall–Kier alpha value is -1.90. The fourth-order valence-electron chi connectivity index (χ4n) is 3.53. The molecule has 0 spiro atoms. The van der Waals surface area contributed by atoms with Crippen LogP contribution in [0.2, 0.25) is 0 Å². The van der Waals surface area contributed by atoms with Crippen LogP contribution in [0.5, 0.6) is 5.88 Å². The largest absolute Gasteiger partial charge is 0.492 e. The van der Waals surface area contributed by atoms with E-state index in [1.54, 1.807) is 4.52 Å². The Morgan fingerprint density at radius 3 is 2.58 bits per heavy atom. The van der Waals surface area contributed by atoms with Gasteiger partial charge in [0.2, 0.25) is 10.8 Å². The molecule has 1 N–H and O–H groups in total. The summed E-state index contributed by atoms with van der Waals surface area (Å²) in [7, 11) is 0. The molecule has 0 aromatic carbocycles. The van der Waals surface area contributed by atoms with Gasteiger partial charge in [-0.1, -0.05) is 25.2 Å². The second-order valence-electron chi connectivity index (χ2n) is 6.69. The Labute approximate surface area is 156 Å². The van der Waals surface area contributed by atoms with Crippen LogP contribution in [0, 0.1) is 6.92 Å². The molecule has 0 bridgehead atoms. The molecule has 0 aliphatic carbocycles. The van der Waals surface area contributed by atoms with Crippen molar-refractivity contribution in [2.24, 2.45) is 0 Å². The summed E-state index contributed by atoms with van der Waals surface area (Å²) in [5.74, 6) is 2.67. The summed E-state index contributed by atoms with van der Waals surface area (Å²) in [5.41, 5.74) is 0. The monoisotopic (exact) mass is 375 g/mol. The van der Waals surface area contributed by atoms with Crippen LogP contribution in [0.1, 0.15) is 42.1 Å². The summed E-state index contributed by atoms with van der Waals surface area (Å²) >= 11 is 1.50. The lowest BCUT2D eigenvalue weighted by Crippen LogP contribution is -2.47. The third-order valence-electron chi connectivity index (χ3n) is 5.06. The van der Waals surface area contributed by atoms with Gasteiger partial charge in [0.05, 0.1) is 4.88 Å². The summed E-state index contributed by atoms with van der Waals surface area (Å²) in [6.45, 7) is 11.1. The molecule has 8 heteroatoms. The van der Waals surface area contributed by atoms with Crippen LogP contribution in [-0.4, -0.2) is 62.2 Å². The average Bonchev–Trinajstić information content (AvgIpc) is 3.33. The van der Waals surface area contributed by atoms with Crippen molar-refractivity contribution < 1.29 is 9.52 Å². The first-order valence-electron chi connectivity index (χ1n) is 9.20. The van der Waals surface area contributed by atoms with Gasteiger partial charge < -0.3 is 14.4 Å². The zero-order valence-electron chi connectivity index (χ0n) is 15.5. The third-order valence-corrected chi connectivity index (χ3v) is 6.13. The molecule has 1 aliphatic heterocycles. The van der Waals surface area contributed by atoms with Crippen LogP contribution in [-0.2, 0) is 6.42 Å². The normalized spacial score (nSPS) is 18.0. The Kier molecular flexibility index (Phi) is 4.73. The van der Waals surface area contributed by atoms with E-state index in [1.807, 2.05) is 26.0 Å². The first-order valence-corrected chi connectivity index (χ1v) is 10.0. The number of hydrogen-bond donors (Lipinski definition) is 1. The van der Waals surface area contributed by atoms with E-state index in [2.05, 4.69) is 26.8 Å². The molecule has 1 unspecified atom stereocenters. The van der Waals surface area contributed by atoms with Gasteiger partial charge in [-0.3, -0.25) is 4.90 Å². The van der Waals surface area contributed by atoms with Gasteiger partial charge in [0.1, 0.15) is 17.6 Å². The second-order valence-corrected chi connectivity index (χ2v) is 7.70. The minimum atomic E-state index is -0.110. The number of likely N-dealkylation sites (N-methyl/N-ethyl adjacent to an activating group) is 1. The lowest BCUT2D eigenvalue weighted by atomic mass is 10.1. The summed E-state index contributed by atoms with van der Waals surface area (Å²) in [5, 5.41) is 15.3. The van der Waals surface area contributed by atoms with Gasteiger partial charge >= 0.3 is 0 Å². The van der Waals surface area contributed by atoms with Gasteiger partial charge in [-0.2, -0.15) is 4.52 Å². The number of fused-ring (bicyclic) bond motifs is 1. The van der Waals surface area contributed by atoms with E-state index >= 15 is 0 Å². The van der Waals surface area contributed by atoms with Crippen molar-refractivity contribution in [1.82, 2.24) is 24.4 Å². The maximum absolute atomic E-state index is 10.9. The molecule has 1 saturated heterocycles. The maximum Gasteiger partial charge on any atom is 0.230 e. The summed E-state index contributed by atoms with van der Waals surface area (Å²) in [6, 6.07) is 3.88. The molecule has 0 saturated carbocycles. The fourth-order valence-corrected chi connectivity index (χ4v) is 4.65. The van der Waals surface area contributed by atoms with Crippen LogP contribution in [0.15, 0.2) is 16.5 Å². The molecule has 0 amide bonds. The molecule has 3 aromatic heterocycles. The topological polar surface area (TPSA) is 70.0 Å². The second kappa shape index (κ2) is 7.02. The lowest BCUT2D eigenvalue weighted by molar-refractivity contribution is 0.104. The van der Waals surface area contributed by atoms with E-state index in [4.69, 9.17) is 4.42 Å². The van der Waals surface area contributed by atoms with Crippen molar-refractivity contribution in [1.29, 1.82) is 0 Å². The maximum atomic E-state index is 10.9. The number of piperazine rings is 1. The van der Waals surface area contributed by atoms with E-state index in [0.717, 1.165) is 66.3 Å². The molecule has 4 rings (SSSR count). The number of furan rings is 1. The van der Waals surface area contributed by atoms with Crippen molar-refractivity contribution in [3.63, 3.8) is 0 Å². The summed E-state index contributed by atoms with van der Waals surface area (Å²) in [4.78, 5) is 10.9. The Morgan fingerprint density at radius 2 is 2.00 bits per heavy atom. The molecular weight excluding hydrogens is 350 g/mol. The predicted molar refractivity (Wildman–Crippen MR) is 101 cm³/mol. The van der Waals surface area contributed by atoms with Crippen LogP contribution >= 0.6 is 11.3 Å².